The van der Waals surface area contributed by atoms with Crippen molar-refractivity contribution in [2.24, 2.45) is 4.99 Å². The van der Waals surface area contributed by atoms with Crippen molar-refractivity contribution in [1.29, 1.82) is 0 Å². The molecule has 1 amide bonds. The zero-order valence-electron chi connectivity index (χ0n) is 17.1. The van der Waals surface area contributed by atoms with Gasteiger partial charge in [0.2, 0.25) is 5.91 Å². The number of likely N-dealkylation sites (tertiary alicyclic amines) is 1. The maximum atomic E-state index is 12.1. The lowest BCUT2D eigenvalue weighted by atomic mass is 10.2. The molecule has 0 unspecified atom stereocenters. The van der Waals surface area contributed by atoms with E-state index in [4.69, 9.17) is 9.52 Å². The van der Waals surface area contributed by atoms with Crippen LogP contribution in [0.2, 0.25) is 0 Å². The van der Waals surface area contributed by atoms with E-state index in [0.29, 0.717) is 12.3 Å². The van der Waals surface area contributed by atoms with Gasteiger partial charge in [-0.2, -0.15) is 0 Å². The van der Waals surface area contributed by atoms with E-state index in [1.165, 1.54) is 6.42 Å². The largest absolute Gasteiger partial charge is 0.364 e. The fraction of sp³-hybridized carbons (Fsp3) is 0.750. The first-order valence-corrected chi connectivity index (χ1v) is 10.7. The van der Waals surface area contributed by atoms with Gasteiger partial charge in [0.05, 0.1) is 5.69 Å². The third kappa shape index (κ3) is 6.22. The first kappa shape index (κ1) is 20.6. The molecule has 0 aliphatic carbocycles. The number of amides is 1. The molecule has 0 saturated carbocycles. The molecule has 8 heteroatoms. The molecule has 2 aliphatic heterocycles. The van der Waals surface area contributed by atoms with Crippen LogP contribution in [0.25, 0.3) is 0 Å². The van der Waals surface area contributed by atoms with E-state index in [9.17, 15) is 4.79 Å². The second kappa shape index (κ2) is 11.0. The summed E-state index contributed by atoms with van der Waals surface area (Å²) >= 11 is 0. The minimum absolute atomic E-state index is 0.316. The highest BCUT2D eigenvalue weighted by Gasteiger charge is 2.20. The van der Waals surface area contributed by atoms with Crippen LogP contribution in [0.5, 0.6) is 0 Å². The molecule has 0 atom stereocenters. The number of nitrogens with one attached hydrogen (secondary N) is 1. The van der Waals surface area contributed by atoms with Gasteiger partial charge in [-0.15, -0.1) is 0 Å². The number of hydrogen-bond donors (Lipinski definition) is 1. The van der Waals surface area contributed by atoms with Crippen molar-refractivity contribution in [1.82, 2.24) is 25.2 Å². The summed E-state index contributed by atoms with van der Waals surface area (Å²) in [6.07, 6.45) is 6.61. The van der Waals surface area contributed by atoms with Crippen molar-refractivity contribution in [3.05, 3.63) is 18.0 Å². The zero-order valence-corrected chi connectivity index (χ0v) is 17.1. The van der Waals surface area contributed by atoms with Gasteiger partial charge in [0.15, 0.2) is 5.96 Å². The highest BCUT2D eigenvalue weighted by atomic mass is 16.5. The monoisotopic (exact) mass is 390 g/mol. The quantitative estimate of drug-likeness (QED) is 0.432. The molecule has 1 aromatic heterocycles. The number of aliphatic imine (C=N–C) groups is 1. The summed E-state index contributed by atoms with van der Waals surface area (Å²) in [4.78, 5) is 23.7. The normalized spacial score (nSPS) is 19.8. The molecule has 3 heterocycles. The second-order valence-corrected chi connectivity index (χ2v) is 7.53. The molecule has 28 heavy (non-hydrogen) atoms. The van der Waals surface area contributed by atoms with Crippen molar-refractivity contribution in [3.63, 3.8) is 0 Å². The van der Waals surface area contributed by atoms with Crippen molar-refractivity contribution >= 4 is 11.9 Å². The highest BCUT2D eigenvalue weighted by molar-refractivity contribution is 5.80. The summed E-state index contributed by atoms with van der Waals surface area (Å²) in [5.41, 5.74) is 0.983. The maximum Gasteiger partial charge on any atom is 0.222 e. The van der Waals surface area contributed by atoms with Gasteiger partial charge in [-0.25, -0.2) is 0 Å². The summed E-state index contributed by atoms with van der Waals surface area (Å²) in [5.74, 6) is 1.31. The average molecular weight is 391 g/mol. The number of carbonyl (C=O) groups is 1. The Morgan fingerprint density at radius 1 is 1.21 bits per heavy atom. The molecule has 0 bridgehead atoms. The summed E-state index contributed by atoms with van der Waals surface area (Å²) in [6, 6.07) is 1.92. The minimum atomic E-state index is 0.316. The molecule has 1 aromatic rings. The number of aromatic nitrogens is 1. The summed E-state index contributed by atoms with van der Waals surface area (Å²) in [6.45, 7) is 10.2. The smallest absolute Gasteiger partial charge is 0.222 e. The van der Waals surface area contributed by atoms with Gasteiger partial charge in [-0.3, -0.25) is 14.7 Å². The molecule has 2 fully saturated rings. The predicted molar refractivity (Wildman–Crippen MR) is 109 cm³/mol. The number of nitrogens with zero attached hydrogens (tertiary/aromatic N) is 5. The first-order valence-electron chi connectivity index (χ1n) is 10.7. The molecule has 0 spiro atoms. The molecule has 0 radical (unpaired) electrons. The van der Waals surface area contributed by atoms with Crippen LogP contribution < -0.4 is 5.32 Å². The lowest BCUT2D eigenvalue weighted by Gasteiger charge is -2.36. The molecule has 2 saturated heterocycles. The number of hydrogen-bond acceptors (Lipinski definition) is 5. The van der Waals surface area contributed by atoms with Gasteiger partial charge >= 0.3 is 0 Å². The number of carbonyl (C=O) groups excluding carboxylic acids is 1. The number of guanidine groups is 1. The summed E-state index contributed by atoms with van der Waals surface area (Å²) in [7, 11) is 0. The molecular weight excluding hydrogens is 356 g/mol. The van der Waals surface area contributed by atoms with Crippen molar-refractivity contribution in [2.45, 2.75) is 45.6 Å². The SMILES string of the molecule is CCNC(=NCCCN1CCCCCC1=O)N1CCN(Cc2ccon2)CC1. The molecule has 8 nitrogen and oxygen atoms in total. The van der Waals surface area contributed by atoms with E-state index < -0.39 is 0 Å². The Morgan fingerprint density at radius 3 is 2.82 bits per heavy atom. The summed E-state index contributed by atoms with van der Waals surface area (Å²) in [5, 5.41) is 7.42. The van der Waals surface area contributed by atoms with Gasteiger partial charge in [-0.05, 0) is 26.2 Å². The fourth-order valence-electron chi connectivity index (χ4n) is 3.81. The minimum Gasteiger partial charge on any atom is -0.364 e. The van der Waals surface area contributed by atoms with Crippen LogP contribution in [0, 0.1) is 0 Å². The van der Waals surface area contributed by atoms with E-state index in [2.05, 4.69) is 27.2 Å². The lowest BCUT2D eigenvalue weighted by molar-refractivity contribution is -0.130. The molecule has 0 aromatic carbocycles. The second-order valence-electron chi connectivity index (χ2n) is 7.53. The van der Waals surface area contributed by atoms with Crippen LogP contribution in [0.3, 0.4) is 0 Å². The van der Waals surface area contributed by atoms with Gasteiger partial charge in [0.25, 0.3) is 0 Å². The molecule has 1 N–H and O–H groups in total. The third-order valence-corrected chi connectivity index (χ3v) is 5.40. The van der Waals surface area contributed by atoms with Gasteiger partial charge in [0.1, 0.15) is 6.26 Å². The molecule has 3 rings (SSSR count). The number of rotatable bonds is 7. The topological polar surface area (TPSA) is 77.2 Å². The van der Waals surface area contributed by atoms with E-state index in [1.54, 1.807) is 6.26 Å². The van der Waals surface area contributed by atoms with Crippen LogP contribution in [0.4, 0.5) is 0 Å². The summed E-state index contributed by atoms with van der Waals surface area (Å²) < 4.78 is 4.92. The Labute approximate surface area is 167 Å². The Kier molecular flexibility index (Phi) is 8.14. The average Bonchev–Trinajstić information content (AvgIpc) is 3.13. The highest BCUT2D eigenvalue weighted by Crippen LogP contribution is 2.11. The van der Waals surface area contributed by atoms with E-state index in [-0.39, 0.29) is 0 Å². The Morgan fingerprint density at radius 2 is 2.07 bits per heavy atom. The molecule has 156 valence electrons. The van der Waals surface area contributed by atoms with Gasteiger partial charge in [0, 0.05) is 71.4 Å². The fourth-order valence-corrected chi connectivity index (χ4v) is 3.81. The Balaban J connectivity index is 1.43. The van der Waals surface area contributed by atoms with Crippen LogP contribution >= 0.6 is 0 Å². The Hall–Kier alpha value is -2.09. The first-order chi connectivity index (χ1) is 13.8. The lowest BCUT2D eigenvalue weighted by Crippen LogP contribution is -2.52. The standard InChI is InChI=1S/C20H34N6O2/c1-2-21-20(22-9-6-11-25-10-5-3-4-7-19(25)27)26-14-12-24(13-15-26)17-18-8-16-28-23-18/h8,16H,2-7,9-15,17H2,1H3,(H,21,22). The molecule has 2 aliphatic rings. The van der Waals surface area contributed by atoms with Crippen molar-refractivity contribution < 1.29 is 9.32 Å². The van der Waals surface area contributed by atoms with Crippen LogP contribution in [0.1, 0.15) is 44.7 Å². The van der Waals surface area contributed by atoms with E-state index in [1.807, 2.05) is 11.0 Å². The Bertz CT molecular complexity index is 610. The third-order valence-electron chi connectivity index (χ3n) is 5.40. The molecular formula is C20H34N6O2. The van der Waals surface area contributed by atoms with Crippen LogP contribution in [-0.4, -0.2) is 84.1 Å². The number of piperazine rings is 1. The van der Waals surface area contributed by atoms with E-state index in [0.717, 1.165) is 89.8 Å². The van der Waals surface area contributed by atoms with Crippen molar-refractivity contribution in [2.75, 3.05) is 52.4 Å². The van der Waals surface area contributed by atoms with Crippen LogP contribution in [0.15, 0.2) is 21.8 Å². The maximum absolute atomic E-state index is 12.1. The van der Waals surface area contributed by atoms with Crippen LogP contribution in [-0.2, 0) is 11.3 Å². The van der Waals surface area contributed by atoms with Gasteiger partial charge < -0.3 is 19.6 Å². The van der Waals surface area contributed by atoms with E-state index >= 15 is 0 Å². The van der Waals surface area contributed by atoms with Gasteiger partial charge in [-0.1, -0.05) is 11.6 Å². The zero-order chi connectivity index (χ0) is 19.6. The predicted octanol–water partition coefficient (Wildman–Crippen LogP) is 1.55. The van der Waals surface area contributed by atoms with Crippen molar-refractivity contribution in [3.8, 4) is 0 Å².